The standard InChI is InChI=1S/C16H32N2/c1-13-9-15(2,3)11-16(10-13,12-17)18-14-7-5-4-6-8-14/h13-14,18H,4-12,17H2,1-3H3. The van der Waals surface area contributed by atoms with E-state index in [9.17, 15) is 0 Å². The summed E-state index contributed by atoms with van der Waals surface area (Å²) in [6.07, 6.45) is 10.8. The Morgan fingerprint density at radius 1 is 1.11 bits per heavy atom. The van der Waals surface area contributed by atoms with Crippen LogP contribution in [0.2, 0.25) is 0 Å². The monoisotopic (exact) mass is 252 g/mol. The third-order valence-corrected chi connectivity index (χ3v) is 4.96. The van der Waals surface area contributed by atoms with E-state index in [4.69, 9.17) is 5.73 Å². The summed E-state index contributed by atoms with van der Waals surface area (Å²) in [6.45, 7) is 8.02. The largest absolute Gasteiger partial charge is 0.329 e. The maximum atomic E-state index is 6.18. The van der Waals surface area contributed by atoms with Gasteiger partial charge in [-0.3, -0.25) is 0 Å². The predicted molar refractivity (Wildman–Crippen MR) is 78.6 cm³/mol. The van der Waals surface area contributed by atoms with Crippen molar-refractivity contribution in [2.24, 2.45) is 17.1 Å². The fourth-order valence-corrected chi connectivity index (χ4v) is 4.75. The van der Waals surface area contributed by atoms with Crippen LogP contribution in [0.1, 0.15) is 72.1 Å². The van der Waals surface area contributed by atoms with Gasteiger partial charge in [0.15, 0.2) is 0 Å². The fraction of sp³-hybridized carbons (Fsp3) is 1.00. The Hall–Kier alpha value is -0.0800. The third-order valence-electron chi connectivity index (χ3n) is 4.96. The quantitative estimate of drug-likeness (QED) is 0.807. The second-order valence-corrected chi connectivity index (χ2v) is 7.82. The van der Waals surface area contributed by atoms with E-state index >= 15 is 0 Å². The Morgan fingerprint density at radius 2 is 1.78 bits per heavy atom. The second-order valence-electron chi connectivity index (χ2n) is 7.82. The van der Waals surface area contributed by atoms with Crippen molar-refractivity contribution in [2.75, 3.05) is 6.54 Å². The van der Waals surface area contributed by atoms with Crippen LogP contribution in [0.15, 0.2) is 0 Å². The molecule has 0 bridgehead atoms. The molecule has 0 aromatic rings. The summed E-state index contributed by atoms with van der Waals surface area (Å²) in [5.41, 5.74) is 6.83. The molecule has 0 saturated heterocycles. The lowest BCUT2D eigenvalue weighted by atomic mass is 9.64. The van der Waals surface area contributed by atoms with E-state index in [0.717, 1.165) is 18.5 Å². The van der Waals surface area contributed by atoms with E-state index in [1.165, 1.54) is 51.4 Å². The Balaban J connectivity index is 2.04. The molecular weight excluding hydrogens is 220 g/mol. The highest BCUT2D eigenvalue weighted by atomic mass is 15.0. The average molecular weight is 252 g/mol. The van der Waals surface area contributed by atoms with E-state index in [1.807, 2.05) is 0 Å². The van der Waals surface area contributed by atoms with Crippen molar-refractivity contribution in [3.8, 4) is 0 Å². The smallest absolute Gasteiger partial charge is 0.0314 e. The molecule has 0 spiro atoms. The molecule has 2 nitrogen and oxygen atoms in total. The minimum absolute atomic E-state index is 0.211. The predicted octanol–water partition coefficient (Wildman–Crippen LogP) is 3.45. The first-order valence-corrected chi connectivity index (χ1v) is 7.93. The van der Waals surface area contributed by atoms with Crippen molar-refractivity contribution in [3.05, 3.63) is 0 Å². The molecule has 0 aromatic carbocycles. The molecule has 2 aliphatic rings. The van der Waals surface area contributed by atoms with Crippen molar-refractivity contribution in [3.63, 3.8) is 0 Å². The summed E-state index contributed by atoms with van der Waals surface area (Å²) in [5.74, 6) is 0.799. The molecule has 0 amide bonds. The van der Waals surface area contributed by atoms with Gasteiger partial charge in [0.1, 0.15) is 0 Å². The minimum atomic E-state index is 0.211. The van der Waals surface area contributed by atoms with Crippen LogP contribution in [-0.4, -0.2) is 18.1 Å². The maximum Gasteiger partial charge on any atom is 0.0314 e. The summed E-state index contributed by atoms with van der Waals surface area (Å²) >= 11 is 0. The Labute approximate surface area is 113 Å². The molecule has 2 rings (SSSR count). The fourth-order valence-electron chi connectivity index (χ4n) is 4.75. The molecule has 2 saturated carbocycles. The summed E-state index contributed by atoms with van der Waals surface area (Å²) in [4.78, 5) is 0. The topological polar surface area (TPSA) is 38.0 Å². The molecule has 18 heavy (non-hydrogen) atoms. The molecule has 0 radical (unpaired) electrons. The molecule has 2 atom stereocenters. The Bertz CT molecular complexity index is 268. The highest BCUT2D eigenvalue weighted by Gasteiger charge is 2.42. The first-order chi connectivity index (χ1) is 8.45. The van der Waals surface area contributed by atoms with Crippen LogP contribution >= 0.6 is 0 Å². The first-order valence-electron chi connectivity index (χ1n) is 7.93. The molecule has 2 aliphatic carbocycles. The molecule has 2 heteroatoms. The Morgan fingerprint density at radius 3 is 2.33 bits per heavy atom. The van der Waals surface area contributed by atoms with Crippen LogP contribution in [-0.2, 0) is 0 Å². The van der Waals surface area contributed by atoms with E-state index in [1.54, 1.807) is 0 Å². The van der Waals surface area contributed by atoms with Crippen LogP contribution < -0.4 is 11.1 Å². The van der Waals surface area contributed by atoms with E-state index in [0.29, 0.717) is 5.41 Å². The molecule has 0 aliphatic heterocycles. The van der Waals surface area contributed by atoms with Gasteiger partial charge in [0, 0.05) is 18.1 Å². The summed E-state index contributed by atoms with van der Waals surface area (Å²) in [7, 11) is 0. The normalized spacial score (nSPS) is 37.7. The third kappa shape index (κ3) is 3.48. The summed E-state index contributed by atoms with van der Waals surface area (Å²) < 4.78 is 0. The number of nitrogens with one attached hydrogen (secondary N) is 1. The van der Waals surface area contributed by atoms with Crippen LogP contribution in [0.25, 0.3) is 0 Å². The first kappa shape index (κ1) is 14.3. The molecular formula is C16H32N2. The number of hydrogen-bond donors (Lipinski definition) is 2. The van der Waals surface area contributed by atoms with Gasteiger partial charge in [0.25, 0.3) is 0 Å². The highest BCUT2D eigenvalue weighted by molar-refractivity contribution is 5.01. The van der Waals surface area contributed by atoms with Gasteiger partial charge in [-0.25, -0.2) is 0 Å². The van der Waals surface area contributed by atoms with Crippen molar-refractivity contribution in [1.82, 2.24) is 5.32 Å². The molecule has 2 unspecified atom stereocenters. The molecule has 3 N–H and O–H groups in total. The average Bonchev–Trinajstić information content (AvgIpc) is 2.27. The van der Waals surface area contributed by atoms with E-state index in [-0.39, 0.29) is 5.54 Å². The van der Waals surface area contributed by atoms with E-state index < -0.39 is 0 Å². The number of hydrogen-bond acceptors (Lipinski definition) is 2. The van der Waals surface area contributed by atoms with Crippen LogP contribution in [0, 0.1) is 11.3 Å². The van der Waals surface area contributed by atoms with Crippen LogP contribution in [0.3, 0.4) is 0 Å². The summed E-state index contributed by atoms with van der Waals surface area (Å²) in [6, 6.07) is 0.725. The zero-order chi connectivity index (χ0) is 13.2. The van der Waals surface area contributed by atoms with Gasteiger partial charge < -0.3 is 11.1 Å². The SMILES string of the molecule is CC1CC(C)(C)CC(CN)(NC2CCCCC2)C1. The second kappa shape index (κ2) is 5.50. The van der Waals surface area contributed by atoms with Gasteiger partial charge in [-0.1, -0.05) is 40.0 Å². The van der Waals surface area contributed by atoms with Gasteiger partial charge in [0.05, 0.1) is 0 Å². The molecule has 0 aromatic heterocycles. The van der Waals surface area contributed by atoms with Gasteiger partial charge in [-0.2, -0.15) is 0 Å². The van der Waals surface area contributed by atoms with Crippen LogP contribution in [0.4, 0.5) is 0 Å². The van der Waals surface area contributed by atoms with Gasteiger partial charge in [-0.15, -0.1) is 0 Å². The number of nitrogens with two attached hydrogens (primary N) is 1. The van der Waals surface area contributed by atoms with E-state index in [2.05, 4.69) is 26.1 Å². The van der Waals surface area contributed by atoms with Gasteiger partial charge in [0.2, 0.25) is 0 Å². The lowest BCUT2D eigenvalue weighted by Gasteiger charge is -2.49. The van der Waals surface area contributed by atoms with Crippen molar-refractivity contribution in [1.29, 1.82) is 0 Å². The Kier molecular flexibility index (Phi) is 4.38. The highest BCUT2D eigenvalue weighted by Crippen LogP contribution is 2.44. The molecule has 2 fully saturated rings. The van der Waals surface area contributed by atoms with Crippen molar-refractivity contribution < 1.29 is 0 Å². The van der Waals surface area contributed by atoms with Gasteiger partial charge in [-0.05, 0) is 43.4 Å². The summed E-state index contributed by atoms with van der Waals surface area (Å²) in [5, 5.41) is 3.98. The molecule has 0 heterocycles. The lowest BCUT2D eigenvalue weighted by molar-refractivity contribution is 0.0725. The number of rotatable bonds is 3. The zero-order valence-corrected chi connectivity index (χ0v) is 12.6. The zero-order valence-electron chi connectivity index (χ0n) is 12.6. The van der Waals surface area contributed by atoms with Crippen molar-refractivity contribution in [2.45, 2.75) is 83.7 Å². The molecule has 106 valence electrons. The van der Waals surface area contributed by atoms with Gasteiger partial charge >= 0.3 is 0 Å². The minimum Gasteiger partial charge on any atom is -0.329 e. The maximum absolute atomic E-state index is 6.18. The van der Waals surface area contributed by atoms with Crippen LogP contribution in [0.5, 0.6) is 0 Å². The lowest BCUT2D eigenvalue weighted by Crippen LogP contribution is -2.60. The van der Waals surface area contributed by atoms with Crippen molar-refractivity contribution >= 4 is 0 Å².